The molecule has 0 aromatic heterocycles. The molecule has 4 fully saturated rings. The fraction of sp³-hybridized carbons (Fsp3) is 0.667. The van der Waals surface area contributed by atoms with Gasteiger partial charge < -0.3 is 14.6 Å². The summed E-state index contributed by atoms with van der Waals surface area (Å²) < 4.78 is 11.3. The van der Waals surface area contributed by atoms with Crippen LogP contribution in [0.4, 0.5) is 0 Å². The Morgan fingerprint density at radius 1 is 1.08 bits per heavy atom. The van der Waals surface area contributed by atoms with Crippen molar-refractivity contribution in [2.45, 2.75) is 58.0 Å². The zero-order chi connectivity index (χ0) is 17.7. The molecule has 0 heterocycles. The van der Waals surface area contributed by atoms with Crippen molar-refractivity contribution in [3.05, 3.63) is 29.3 Å². The van der Waals surface area contributed by atoms with Crippen molar-refractivity contribution >= 4 is 5.97 Å². The third-order valence-corrected chi connectivity index (χ3v) is 6.24. The number of hydrogen-bond donors (Lipinski definition) is 1. The molecule has 0 spiro atoms. The summed E-state index contributed by atoms with van der Waals surface area (Å²) in [6.45, 7) is 4.71. The Balaban J connectivity index is 1.32. The van der Waals surface area contributed by atoms with Crippen molar-refractivity contribution in [2.24, 2.45) is 17.3 Å². The van der Waals surface area contributed by atoms with Crippen LogP contribution in [0, 0.1) is 31.1 Å². The first kappa shape index (κ1) is 16.9. The number of aryl methyl sites for hydroxylation is 2. The van der Waals surface area contributed by atoms with Gasteiger partial charge in [-0.15, -0.1) is 0 Å². The fourth-order valence-corrected chi connectivity index (χ4v) is 5.92. The zero-order valence-corrected chi connectivity index (χ0v) is 15.2. The van der Waals surface area contributed by atoms with E-state index in [0.29, 0.717) is 24.9 Å². The van der Waals surface area contributed by atoms with Gasteiger partial charge in [0.15, 0.2) is 0 Å². The second kappa shape index (κ2) is 6.01. The molecule has 25 heavy (non-hydrogen) atoms. The first-order valence-electron chi connectivity index (χ1n) is 9.47. The van der Waals surface area contributed by atoms with Gasteiger partial charge >= 0.3 is 5.97 Å². The van der Waals surface area contributed by atoms with E-state index >= 15 is 0 Å². The number of benzene rings is 1. The van der Waals surface area contributed by atoms with Crippen LogP contribution < -0.4 is 4.74 Å². The van der Waals surface area contributed by atoms with Crippen LogP contribution in [-0.4, -0.2) is 29.9 Å². The van der Waals surface area contributed by atoms with Crippen LogP contribution in [0.5, 0.6) is 5.75 Å². The summed E-state index contributed by atoms with van der Waals surface area (Å²) in [6.07, 6.45) is 5.28. The number of rotatable bonds is 5. The maximum absolute atomic E-state index is 12.8. The Labute approximate surface area is 149 Å². The minimum absolute atomic E-state index is 0.121. The molecule has 1 N–H and O–H groups in total. The number of carbonyl (C=O) groups is 1. The SMILES string of the molecule is Cc1cc(C)cc(OCCOC(=O)C23CC4CC(CC(O)(C4)C2)C3)c1. The summed E-state index contributed by atoms with van der Waals surface area (Å²) in [5.74, 6) is 1.68. The molecule has 0 radical (unpaired) electrons. The molecule has 4 aliphatic carbocycles. The molecule has 4 nitrogen and oxygen atoms in total. The predicted octanol–water partition coefficient (Wildman–Crippen LogP) is 3.56. The summed E-state index contributed by atoms with van der Waals surface area (Å²) in [4.78, 5) is 12.8. The molecular weight excluding hydrogens is 316 g/mol. The molecule has 0 amide bonds. The van der Waals surface area contributed by atoms with Crippen molar-refractivity contribution in [3.63, 3.8) is 0 Å². The molecule has 0 aliphatic heterocycles. The Hall–Kier alpha value is -1.55. The maximum atomic E-state index is 12.8. The molecule has 136 valence electrons. The van der Waals surface area contributed by atoms with Crippen molar-refractivity contribution < 1.29 is 19.4 Å². The summed E-state index contributed by atoms with van der Waals surface area (Å²) in [7, 11) is 0. The van der Waals surface area contributed by atoms with E-state index < -0.39 is 11.0 Å². The van der Waals surface area contributed by atoms with E-state index in [2.05, 4.69) is 6.07 Å². The molecule has 4 aliphatic rings. The molecule has 2 atom stereocenters. The minimum Gasteiger partial charge on any atom is -0.490 e. The van der Waals surface area contributed by atoms with Gasteiger partial charge in [-0.25, -0.2) is 0 Å². The molecule has 2 unspecified atom stereocenters. The molecular formula is C21H28O4. The predicted molar refractivity (Wildman–Crippen MR) is 94.4 cm³/mol. The van der Waals surface area contributed by atoms with E-state index in [9.17, 15) is 9.90 Å². The van der Waals surface area contributed by atoms with Crippen LogP contribution in [0.3, 0.4) is 0 Å². The van der Waals surface area contributed by atoms with Crippen molar-refractivity contribution in [1.29, 1.82) is 0 Å². The van der Waals surface area contributed by atoms with Crippen LogP contribution in [0.15, 0.2) is 18.2 Å². The van der Waals surface area contributed by atoms with Gasteiger partial charge in [0.25, 0.3) is 0 Å². The Morgan fingerprint density at radius 2 is 1.72 bits per heavy atom. The average Bonchev–Trinajstić information content (AvgIpc) is 2.48. The largest absolute Gasteiger partial charge is 0.490 e. The standard InChI is InChI=1S/C21H28O4/c1-14-5-15(2)7-18(6-14)24-3-4-25-19(22)20-9-16-8-17(10-20)12-21(23,11-16)13-20/h5-7,16-17,23H,3-4,8-13H2,1-2H3. The van der Waals surface area contributed by atoms with E-state index in [1.54, 1.807) is 0 Å². The lowest BCUT2D eigenvalue weighted by Gasteiger charge is -2.58. The highest BCUT2D eigenvalue weighted by Crippen LogP contribution is 2.61. The maximum Gasteiger partial charge on any atom is 0.312 e. The van der Waals surface area contributed by atoms with Gasteiger partial charge in [0.1, 0.15) is 19.0 Å². The van der Waals surface area contributed by atoms with Crippen molar-refractivity contribution in [3.8, 4) is 5.75 Å². The summed E-state index contributed by atoms with van der Waals surface area (Å²) >= 11 is 0. The molecule has 4 bridgehead atoms. The lowest BCUT2D eigenvalue weighted by atomic mass is 9.48. The van der Waals surface area contributed by atoms with E-state index in [1.807, 2.05) is 26.0 Å². The minimum atomic E-state index is -0.626. The third kappa shape index (κ3) is 3.29. The number of carbonyl (C=O) groups excluding carboxylic acids is 1. The zero-order valence-electron chi connectivity index (χ0n) is 15.2. The first-order chi connectivity index (χ1) is 11.9. The van der Waals surface area contributed by atoms with Crippen LogP contribution in [-0.2, 0) is 9.53 Å². The molecule has 5 rings (SSSR count). The smallest absolute Gasteiger partial charge is 0.312 e. The number of aliphatic hydroxyl groups is 1. The third-order valence-electron chi connectivity index (χ3n) is 6.24. The molecule has 1 aromatic carbocycles. The number of ether oxygens (including phenoxy) is 2. The first-order valence-corrected chi connectivity index (χ1v) is 9.47. The Kier molecular flexibility index (Phi) is 4.06. The average molecular weight is 344 g/mol. The van der Waals surface area contributed by atoms with E-state index in [4.69, 9.17) is 9.47 Å². The Morgan fingerprint density at radius 3 is 2.32 bits per heavy atom. The van der Waals surface area contributed by atoms with Gasteiger partial charge in [-0.3, -0.25) is 4.79 Å². The highest BCUT2D eigenvalue weighted by molar-refractivity contribution is 5.77. The summed E-state index contributed by atoms with van der Waals surface area (Å²) in [5.41, 5.74) is 1.25. The van der Waals surface area contributed by atoms with Gasteiger partial charge in [-0.1, -0.05) is 6.07 Å². The summed E-state index contributed by atoms with van der Waals surface area (Å²) in [5, 5.41) is 10.8. The van der Waals surface area contributed by atoms with Gasteiger partial charge in [-0.2, -0.15) is 0 Å². The van der Waals surface area contributed by atoms with Gasteiger partial charge in [0.2, 0.25) is 0 Å². The topological polar surface area (TPSA) is 55.8 Å². The van der Waals surface area contributed by atoms with Gasteiger partial charge in [-0.05, 0) is 87.5 Å². The van der Waals surface area contributed by atoms with Crippen LogP contribution in [0.2, 0.25) is 0 Å². The highest BCUT2D eigenvalue weighted by atomic mass is 16.6. The highest BCUT2D eigenvalue weighted by Gasteiger charge is 2.60. The second-order valence-electron chi connectivity index (χ2n) is 8.77. The summed E-state index contributed by atoms with van der Waals surface area (Å²) in [6, 6.07) is 6.08. The number of esters is 1. The Bertz CT molecular complexity index is 646. The van der Waals surface area contributed by atoms with Crippen molar-refractivity contribution in [1.82, 2.24) is 0 Å². The van der Waals surface area contributed by atoms with Gasteiger partial charge in [0.05, 0.1) is 11.0 Å². The molecule has 4 heteroatoms. The lowest BCUT2D eigenvalue weighted by molar-refractivity contribution is -0.196. The van der Waals surface area contributed by atoms with Crippen molar-refractivity contribution in [2.75, 3.05) is 13.2 Å². The molecule has 4 saturated carbocycles. The van der Waals surface area contributed by atoms with Crippen LogP contribution >= 0.6 is 0 Å². The number of hydrogen-bond acceptors (Lipinski definition) is 4. The van der Waals surface area contributed by atoms with Crippen LogP contribution in [0.1, 0.15) is 49.7 Å². The monoisotopic (exact) mass is 344 g/mol. The van der Waals surface area contributed by atoms with Crippen LogP contribution in [0.25, 0.3) is 0 Å². The van der Waals surface area contributed by atoms with E-state index in [-0.39, 0.29) is 12.6 Å². The lowest BCUT2D eigenvalue weighted by Crippen LogP contribution is -2.58. The molecule has 1 aromatic rings. The van der Waals surface area contributed by atoms with Gasteiger partial charge in [0, 0.05) is 0 Å². The normalized spacial score (nSPS) is 35.6. The second-order valence-corrected chi connectivity index (χ2v) is 8.77. The van der Waals surface area contributed by atoms with E-state index in [0.717, 1.165) is 42.6 Å². The quantitative estimate of drug-likeness (QED) is 0.655. The fourth-order valence-electron chi connectivity index (χ4n) is 5.92. The molecule has 0 saturated heterocycles. The van der Waals surface area contributed by atoms with E-state index in [1.165, 1.54) is 6.42 Å².